The number of nitrogens with zero attached hydrogens (tertiary/aromatic N) is 2. The highest BCUT2D eigenvalue weighted by Crippen LogP contribution is 2.23. The molecule has 0 saturated heterocycles. The minimum absolute atomic E-state index is 0.0719. The fourth-order valence-electron chi connectivity index (χ4n) is 2.88. The fraction of sp³-hybridized carbons (Fsp3) is 0.0870. The molecule has 0 unspecified atom stereocenters. The lowest BCUT2D eigenvalue weighted by atomic mass is 10.2. The Hall–Kier alpha value is -3.71. The standard InChI is InChI=1S/C23H18N2O4S/c1-2-13-28-18-10-7-16(8-11-18)9-12-22(27)29-15-17-14-21(26)25-19-5-3-4-6-20(19)30-23(25)24-17/h2-12,14H,1,13,15H2. The summed E-state index contributed by atoms with van der Waals surface area (Å²) < 4.78 is 13.2. The number of fused-ring (bicyclic) bond motifs is 3. The molecular weight excluding hydrogens is 400 g/mol. The Balaban J connectivity index is 1.41. The van der Waals surface area contributed by atoms with E-state index in [1.54, 1.807) is 16.6 Å². The van der Waals surface area contributed by atoms with E-state index >= 15 is 0 Å². The number of hydrogen-bond acceptors (Lipinski definition) is 6. The molecule has 2 heterocycles. The molecule has 0 fully saturated rings. The van der Waals surface area contributed by atoms with E-state index in [4.69, 9.17) is 9.47 Å². The third-order valence-corrected chi connectivity index (χ3v) is 5.29. The van der Waals surface area contributed by atoms with Gasteiger partial charge in [0.15, 0.2) is 4.96 Å². The van der Waals surface area contributed by atoms with Crippen LogP contribution in [0.3, 0.4) is 0 Å². The summed E-state index contributed by atoms with van der Waals surface area (Å²) in [4.78, 5) is 29.5. The highest BCUT2D eigenvalue weighted by molar-refractivity contribution is 7.23. The van der Waals surface area contributed by atoms with Gasteiger partial charge >= 0.3 is 5.97 Å². The van der Waals surface area contributed by atoms with Gasteiger partial charge in [-0.2, -0.15) is 0 Å². The first-order chi connectivity index (χ1) is 14.6. The van der Waals surface area contributed by atoms with Gasteiger partial charge in [0.2, 0.25) is 0 Å². The zero-order valence-corrected chi connectivity index (χ0v) is 16.8. The van der Waals surface area contributed by atoms with Crippen molar-refractivity contribution in [2.45, 2.75) is 6.61 Å². The van der Waals surface area contributed by atoms with Gasteiger partial charge in [0.25, 0.3) is 5.56 Å². The zero-order chi connectivity index (χ0) is 20.9. The van der Waals surface area contributed by atoms with E-state index in [-0.39, 0.29) is 12.2 Å². The van der Waals surface area contributed by atoms with Gasteiger partial charge in [-0.05, 0) is 35.9 Å². The molecular formula is C23H18N2O4S. The molecule has 0 spiro atoms. The Morgan fingerprint density at radius 3 is 2.77 bits per heavy atom. The molecule has 0 N–H and O–H groups in total. The third kappa shape index (κ3) is 4.31. The van der Waals surface area contributed by atoms with Crippen LogP contribution in [0, 0.1) is 0 Å². The van der Waals surface area contributed by atoms with Crippen molar-refractivity contribution in [3.8, 4) is 5.75 Å². The molecule has 150 valence electrons. The summed E-state index contributed by atoms with van der Waals surface area (Å²) in [6, 6.07) is 16.3. The van der Waals surface area contributed by atoms with E-state index in [0.29, 0.717) is 17.3 Å². The highest BCUT2D eigenvalue weighted by Gasteiger charge is 2.10. The van der Waals surface area contributed by atoms with Gasteiger partial charge in [0.1, 0.15) is 19.0 Å². The van der Waals surface area contributed by atoms with Crippen molar-refractivity contribution in [2.75, 3.05) is 6.61 Å². The summed E-state index contributed by atoms with van der Waals surface area (Å²) in [5.74, 6) is 0.212. The Morgan fingerprint density at radius 1 is 1.17 bits per heavy atom. The van der Waals surface area contributed by atoms with Crippen LogP contribution >= 0.6 is 11.3 Å². The topological polar surface area (TPSA) is 69.9 Å². The number of para-hydroxylation sites is 1. The number of thiazole rings is 1. The molecule has 0 saturated carbocycles. The van der Waals surface area contributed by atoms with Crippen molar-refractivity contribution in [1.29, 1.82) is 0 Å². The molecule has 4 aromatic rings. The van der Waals surface area contributed by atoms with Crippen LogP contribution in [-0.2, 0) is 16.1 Å². The zero-order valence-electron chi connectivity index (χ0n) is 16.0. The van der Waals surface area contributed by atoms with Gasteiger partial charge in [-0.25, -0.2) is 9.78 Å². The Kier molecular flexibility index (Phi) is 5.72. The van der Waals surface area contributed by atoms with Crippen molar-refractivity contribution < 1.29 is 14.3 Å². The van der Waals surface area contributed by atoms with Crippen molar-refractivity contribution in [3.63, 3.8) is 0 Å². The van der Waals surface area contributed by atoms with Crippen LogP contribution in [-0.4, -0.2) is 22.0 Å². The van der Waals surface area contributed by atoms with Crippen LogP contribution in [0.5, 0.6) is 5.75 Å². The number of hydrogen-bond donors (Lipinski definition) is 0. The molecule has 0 atom stereocenters. The van der Waals surface area contributed by atoms with Crippen LogP contribution in [0.25, 0.3) is 21.3 Å². The average Bonchev–Trinajstić information content (AvgIpc) is 3.14. The molecule has 0 bridgehead atoms. The summed E-state index contributed by atoms with van der Waals surface area (Å²) in [7, 11) is 0. The predicted octanol–water partition coefficient (Wildman–Crippen LogP) is 4.23. The minimum Gasteiger partial charge on any atom is -0.490 e. The van der Waals surface area contributed by atoms with E-state index in [0.717, 1.165) is 21.5 Å². The number of esters is 1. The number of carbonyl (C=O) groups is 1. The van der Waals surface area contributed by atoms with E-state index in [2.05, 4.69) is 11.6 Å². The molecule has 0 aliphatic carbocycles. The van der Waals surface area contributed by atoms with Gasteiger partial charge in [0, 0.05) is 12.1 Å². The molecule has 2 aromatic carbocycles. The molecule has 30 heavy (non-hydrogen) atoms. The van der Waals surface area contributed by atoms with Crippen molar-refractivity contribution in [3.05, 3.63) is 94.9 Å². The van der Waals surface area contributed by atoms with Gasteiger partial charge in [-0.15, -0.1) is 0 Å². The summed E-state index contributed by atoms with van der Waals surface area (Å²) in [6.45, 7) is 3.97. The third-order valence-electron chi connectivity index (χ3n) is 4.27. The van der Waals surface area contributed by atoms with E-state index in [1.165, 1.54) is 23.5 Å². The van der Waals surface area contributed by atoms with Crippen LogP contribution in [0.15, 0.2) is 78.1 Å². The average molecular weight is 418 g/mol. The summed E-state index contributed by atoms with van der Waals surface area (Å²) >= 11 is 1.42. The second-order valence-electron chi connectivity index (χ2n) is 6.38. The Morgan fingerprint density at radius 2 is 1.97 bits per heavy atom. The Labute approximate surface area is 176 Å². The number of aromatic nitrogens is 2. The number of carbonyl (C=O) groups excluding carboxylic acids is 1. The summed E-state index contributed by atoms with van der Waals surface area (Å²) in [5, 5.41) is 0. The SMILES string of the molecule is C=CCOc1ccc(C=CC(=O)OCc2cc(=O)n3c(n2)sc2ccccc23)cc1. The lowest BCUT2D eigenvalue weighted by Crippen LogP contribution is -2.14. The lowest BCUT2D eigenvalue weighted by molar-refractivity contribution is -0.139. The number of benzene rings is 2. The molecule has 2 aromatic heterocycles. The van der Waals surface area contributed by atoms with E-state index in [1.807, 2.05) is 48.5 Å². The maximum atomic E-state index is 12.5. The monoisotopic (exact) mass is 418 g/mol. The molecule has 0 aliphatic heterocycles. The molecule has 0 amide bonds. The maximum absolute atomic E-state index is 12.5. The van der Waals surface area contributed by atoms with Crippen molar-refractivity contribution in [2.24, 2.45) is 0 Å². The fourth-order valence-corrected chi connectivity index (χ4v) is 3.93. The molecule has 7 heteroatoms. The highest BCUT2D eigenvalue weighted by atomic mass is 32.1. The smallest absolute Gasteiger partial charge is 0.331 e. The lowest BCUT2D eigenvalue weighted by Gasteiger charge is -2.03. The van der Waals surface area contributed by atoms with Crippen molar-refractivity contribution in [1.82, 2.24) is 9.38 Å². The van der Waals surface area contributed by atoms with Crippen molar-refractivity contribution >= 4 is 38.6 Å². The van der Waals surface area contributed by atoms with Gasteiger partial charge in [-0.1, -0.05) is 48.3 Å². The Bertz CT molecular complexity index is 1300. The first-order valence-corrected chi connectivity index (χ1v) is 10.0. The second kappa shape index (κ2) is 8.75. The van der Waals surface area contributed by atoms with Gasteiger partial charge in [-0.3, -0.25) is 9.20 Å². The van der Waals surface area contributed by atoms with Gasteiger partial charge < -0.3 is 9.47 Å². The first kappa shape index (κ1) is 19.6. The van der Waals surface area contributed by atoms with Crippen LogP contribution in [0.1, 0.15) is 11.3 Å². The van der Waals surface area contributed by atoms with Crippen LogP contribution < -0.4 is 10.3 Å². The van der Waals surface area contributed by atoms with E-state index in [9.17, 15) is 9.59 Å². The number of rotatable bonds is 7. The largest absolute Gasteiger partial charge is 0.490 e. The molecule has 6 nitrogen and oxygen atoms in total. The van der Waals surface area contributed by atoms with E-state index < -0.39 is 5.97 Å². The van der Waals surface area contributed by atoms with Crippen LogP contribution in [0.2, 0.25) is 0 Å². The molecule has 0 radical (unpaired) electrons. The molecule has 4 rings (SSSR count). The predicted molar refractivity (Wildman–Crippen MR) is 118 cm³/mol. The van der Waals surface area contributed by atoms with Crippen LogP contribution in [0.4, 0.5) is 0 Å². The summed E-state index contributed by atoms with van der Waals surface area (Å²) in [5.41, 5.74) is 1.87. The minimum atomic E-state index is -0.514. The quantitative estimate of drug-likeness (QED) is 0.255. The first-order valence-electron chi connectivity index (χ1n) is 9.23. The van der Waals surface area contributed by atoms with Gasteiger partial charge in [0.05, 0.1) is 15.9 Å². The normalized spacial score (nSPS) is 11.2. The number of ether oxygens (including phenoxy) is 2. The molecule has 0 aliphatic rings. The summed E-state index contributed by atoms with van der Waals surface area (Å²) in [6.07, 6.45) is 4.66. The second-order valence-corrected chi connectivity index (χ2v) is 7.39. The maximum Gasteiger partial charge on any atom is 0.331 e.